The van der Waals surface area contributed by atoms with Crippen molar-refractivity contribution in [3.63, 3.8) is 0 Å². The first-order chi connectivity index (χ1) is 17.5. The summed E-state index contributed by atoms with van der Waals surface area (Å²) < 4.78 is 41.3. The van der Waals surface area contributed by atoms with E-state index < -0.39 is 17.7 Å². The van der Waals surface area contributed by atoms with Crippen LogP contribution in [0.15, 0.2) is 42.5 Å². The molecule has 2 aromatic heterocycles. The predicted molar refractivity (Wildman–Crippen MR) is 134 cm³/mol. The number of aromatic nitrogens is 4. The Morgan fingerprint density at radius 3 is 2.30 bits per heavy atom. The fourth-order valence-electron chi connectivity index (χ4n) is 4.66. The van der Waals surface area contributed by atoms with Gasteiger partial charge in [-0.1, -0.05) is 30.3 Å². The van der Waals surface area contributed by atoms with Crippen LogP contribution in [-0.4, -0.2) is 36.6 Å². The van der Waals surface area contributed by atoms with E-state index in [-0.39, 0.29) is 24.1 Å². The van der Waals surface area contributed by atoms with Crippen molar-refractivity contribution >= 4 is 23.0 Å². The molecule has 0 radical (unpaired) electrons. The highest BCUT2D eigenvalue weighted by Crippen LogP contribution is 2.37. The van der Waals surface area contributed by atoms with E-state index in [1.54, 1.807) is 0 Å². The zero-order chi connectivity index (χ0) is 26.5. The van der Waals surface area contributed by atoms with Crippen LogP contribution in [0.4, 0.5) is 19.0 Å². The molecule has 1 atom stereocenters. The molecule has 0 aliphatic heterocycles. The van der Waals surface area contributed by atoms with Gasteiger partial charge in [-0.3, -0.25) is 0 Å². The lowest BCUT2D eigenvalue weighted by Crippen LogP contribution is -2.20. The smallest absolute Gasteiger partial charge is 0.416 e. The lowest BCUT2D eigenvalue weighted by Gasteiger charge is -2.17. The van der Waals surface area contributed by atoms with Gasteiger partial charge in [0.05, 0.1) is 5.56 Å². The highest BCUT2D eigenvalue weighted by Gasteiger charge is 2.31. The molecule has 10 heteroatoms. The van der Waals surface area contributed by atoms with Crippen molar-refractivity contribution in [3.8, 4) is 11.4 Å². The molecule has 1 aliphatic rings. The van der Waals surface area contributed by atoms with Crippen LogP contribution in [-0.2, 0) is 12.7 Å². The van der Waals surface area contributed by atoms with Crippen molar-refractivity contribution in [1.29, 1.82) is 0 Å². The number of imidazole rings is 1. The summed E-state index contributed by atoms with van der Waals surface area (Å²) in [4.78, 5) is 25.1. The van der Waals surface area contributed by atoms with E-state index in [1.165, 1.54) is 12.1 Å². The summed E-state index contributed by atoms with van der Waals surface area (Å²) in [7, 11) is 0. The van der Waals surface area contributed by atoms with Crippen LogP contribution in [0.3, 0.4) is 0 Å². The molecular formula is C27H26F3N5O2. The number of hydrogen-bond acceptors (Lipinski definition) is 5. The molecule has 0 spiro atoms. The minimum absolute atomic E-state index is 0.0535. The van der Waals surface area contributed by atoms with Gasteiger partial charge in [0.15, 0.2) is 11.5 Å². The first-order valence-corrected chi connectivity index (χ1v) is 12.0. The first kappa shape index (κ1) is 24.7. The van der Waals surface area contributed by atoms with Gasteiger partial charge in [-0.2, -0.15) is 13.2 Å². The fraction of sp³-hybridized carbons (Fsp3) is 0.333. The summed E-state index contributed by atoms with van der Waals surface area (Å²) in [5.74, 6) is -0.286. The Kier molecular flexibility index (Phi) is 6.13. The largest absolute Gasteiger partial charge is 0.475 e. The van der Waals surface area contributed by atoms with Crippen LogP contribution in [0.5, 0.6) is 0 Å². The third-order valence-electron chi connectivity index (χ3n) is 6.81. The predicted octanol–water partition coefficient (Wildman–Crippen LogP) is 6.09. The topological polar surface area (TPSA) is 92.9 Å². The molecule has 1 saturated carbocycles. The van der Waals surface area contributed by atoms with E-state index in [4.69, 9.17) is 4.98 Å². The number of aryl methyl sites for hydroxylation is 2. The minimum Gasteiger partial charge on any atom is -0.475 e. The Bertz CT molecular complexity index is 1470. The van der Waals surface area contributed by atoms with Crippen LogP contribution in [0, 0.1) is 19.8 Å². The molecule has 2 aromatic carbocycles. The van der Waals surface area contributed by atoms with Crippen molar-refractivity contribution in [1.82, 2.24) is 19.5 Å². The number of benzene rings is 2. The quantitative estimate of drug-likeness (QED) is 0.313. The number of carbonyl (C=O) groups is 1. The molecule has 1 aliphatic carbocycles. The second kappa shape index (κ2) is 9.17. The lowest BCUT2D eigenvalue weighted by molar-refractivity contribution is -0.137. The number of alkyl halides is 3. The Hall–Kier alpha value is -3.95. The molecule has 37 heavy (non-hydrogen) atoms. The van der Waals surface area contributed by atoms with E-state index in [2.05, 4.69) is 15.3 Å². The summed E-state index contributed by atoms with van der Waals surface area (Å²) in [6, 6.07) is 10.9. The summed E-state index contributed by atoms with van der Waals surface area (Å²) in [6.07, 6.45) is -2.28. The molecular weight excluding hydrogens is 483 g/mol. The van der Waals surface area contributed by atoms with Crippen LogP contribution in [0.25, 0.3) is 22.6 Å². The van der Waals surface area contributed by atoms with Gasteiger partial charge in [0.2, 0.25) is 5.82 Å². The number of fused-ring (bicyclic) bond motifs is 1. The minimum atomic E-state index is -4.43. The van der Waals surface area contributed by atoms with Crippen molar-refractivity contribution < 1.29 is 23.1 Å². The maximum absolute atomic E-state index is 13.1. The molecule has 4 aromatic rings. The van der Waals surface area contributed by atoms with Crippen LogP contribution < -0.4 is 5.32 Å². The maximum Gasteiger partial charge on any atom is 0.416 e. The highest BCUT2D eigenvalue weighted by atomic mass is 19.4. The molecule has 2 N–H and O–H groups in total. The summed E-state index contributed by atoms with van der Waals surface area (Å²) in [6.45, 7) is 6.12. The summed E-state index contributed by atoms with van der Waals surface area (Å²) in [5, 5.41) is 13.0. The van der Waals surface area contributed by atoms with E-state index >= 15 is 0 Å². The molecule has 0 saturated heterocycles. The zero-order valence-corrected chi connectivity index (χ0v) is 20.6. The fourth-order valence-corrected chi connectivity index (χ4v) is 4.66. The Labute approximate surface area is 211 Å². The molecule has 1 fully saturated rings. The number of anilines is 1. The lowest BCUT2D eigenvalue weighted by atomic mass is 10.0. The number of nitrogens with one attached hydrogen (secondary N) is 1. The average molecular weight is 510 g/mol. The Morgan fingerprint density at radius 1 is 1.08 bits per heavy atom. The van der Waals surface area contributed by atoms with E-state index in [0.717, 1.165) is 41.7 Å². The number of nitrogens with zero attached hydrogens (tertiary/aromatic N) is 4. The summed E-state index contributed by atoms with van der Waals surface area (Å²) in [5.41, 5.74) is 3.38. The van der Waals surface area contributed by atoms with Crippen LogP contribution >= 0.6 is 0 Å². The van der Waals surface area contributed by atoms with E-state index in [1.807, 2.05) is 43.5 Å². The molecule has 192 valence electrons. The molecule has 0 bridgehead atoms. The van der Waals surface area contributed by atoms with E-state index in [0.29, 0.717) is 28.6 Å². The van der Waals surface area contributed by atoms with Gasteiger partial charge in [-0.15, -0.1) is 0 Å². The van der Waals surface area contributed by atoms with Gasteiger partial charge in [0.25, 0.3) is 0 Å². The SMILES string of the molecule is Cc1cccc(C)c1-c1nc2nc(C(=O)O)nc(NC(C)C3CC3)c2n1Cc1ccc(C(F)(F)F)cc1. The van der Waals surface area contributed by atoms with Gasteiger partial charge >= 0.3 is 12.1 Å². The van der Waals surface area contributed by atoms with Crippen molar-refractivity contribution in [3.05, 3.63) is 70.5 Å². The number of halogens is 3. The number of carboxylic acid groups (broad SMARTS) is 1. The summed E-state index contributed by atoms with van der Waals surface area (Å²) >= 11 is 0. The highest BCUT2D eigenvalue weighted by molar-refractivity contribution is 5.92. The maximum atomic E-state index is 13.1. The standard InChI is InChI=1S/C27H26F3N5O2/c1-14-5-4-6-15(2)20(14)25-34-23-21(35(25)13-17-7-11-19(12-8-17)27(28,29)30)22(31-16(3)18-9-10-18)32-24(33-23)26(36)37/h4-8,11-12,16,18H,9-10,13H2,1-3H3,(H,36,37)(H,31,32,33). The van der Waals surface area contributed by atoms with Crippen molar-refractivity contribution in [2.45, 2.75) is 52.4 Å². The number of hydrogen-bond donors (Lipinski definition) is 2. The third-order valence-corrected chi connectivity index (χ3v) is 6.81. The second-order valence-electron chi connectivity index (χ2n) is 9.63. The van der Waals surface area contributed by atoms with Gasteiger partial charge in [-0.05, 0) is 68.4 Å². The monoisotopic (exact) mass is 509 g/mol. The normalized spacial score (nSPS) is 14.6. The number of aromatic carboxylic acids is 1. The zero-order valence-electron chi connectivity index (χ0n) is 20.6. The van der Waals surface area contributed by atoms with Gasteiger partial charge < -0.3 is 15.0 Å². The second-order valence-corrected chi connectivity index (χ2v) is 9.63. The van der Waals surface area contributed by atoms with E-state index in [9.17, 15) is 23.1 Å². The van der Waals surface area contributed by atoms with Crippen LogP contribution in [0.2, 0.25) is 0 Å². The van der Waals surface area contributed by atoms with Gasteiger partial charge in [0, 0.05) is 18.2 Å². The molecule has 0 amide bonds. The first-order valence-electron chi connectivity index (χ1n) is 12.0. The number of carboxylic acids is 1. The molecule has 7 nitrogen and oxygen atoms in total. The number of rotatable bonds is 7. The van der Waals surface area contributed by atoms with Crippen molar-refractivity contribution in [2.24, 2.45) is 5.92 Å². The van der Waals surface area contributed by atoms with Gasteiger partial charge in [-0.25, -0.2) is 19.7 Å². The molecule has 5 rings (SSSR count). The molecule has 1 unspecified atom stereocenters. The van der Waals surface area contributed by atoms with Gasteiger partial charge in [0.1, 0.15) is 11.3 Å². The Balaban J connectivity index is 1.73. The van der Waals surface area contributed by atoms with Crippen molar-refractivity contribution in [2.75, 3.05) is 5.32 Å². The Morgan fingerprint density at radius 2 is 1.73 bits per heavy atom. The average Bonchev–Trinajstić information content (AvgIpc) is 3.62. The third kappa shape index (κ3) is 4.87. The van der Waals surface area contributed by atoms with Crippen LogP contribution in [0.1, 0.15) is 52.6 Å². The molecule has 2 heterocycles.